The van der Waals surface area contributed by atoms with Crippen LogP contribution in [-0.4, -0.2) is 19.1 Å². The highest BCUT2D eigenvalue weighted by Gasteiger charge is 2.05. The second-order valence-electron chi connectivity index (χ2n) is 3.33. The normalized spacial score (nSPS) is 9.71. The topological polar surface area (TPSA) is 62.1 Å². The minimum atomic E-state index is -0.499. The average Bonchev–Trinajstić information content (AvgIpc) is 2.34. The molecule has 0 aliphatic heterocycles. The van der Waals surface area contributed by atoms with Crippen LogP contribution in [0.5, 0.6) is 0 Å². The number of ether oxygens (including phenoxy) is 1. The van der Waals surface area contributed by atoms with E-state index in [1.165, 1.54) is 12.1 Å². The molecule has 1 N–H and O–H groups in total. The van der Waals surface area contributed by atoms with E-state index >= 15 is 0 Å². The summed E-state index contributed by atoms with van der Waals surface area (Å²) < 4.78 is 18.3. The van der Waals surface area contributed by atoms with Crippen molar-refractivity contribution in [3.05, 3.63) is 35.1 Å². The summed E-state index contributed by atoms with van der Waals surface area (Å²) in [5, 5.41) is 11.1. The molecule has 0 atom stereocenters. The quantitative estimate of drug-likeness (QED) is 0.839. The van der Waals surface area contributed by atoms with E-state index in [0.29, 0.717) is 12.2 Å². The molecule has 1 aromatic rings. The molecule has 0 aliphatic rings. The van der Waals surface area contributed by atoms with Crippen LogP contribution in [0.3, 0.4) is 0 Å². The van der Waals surface area contributed by atoms with Crippen molar-refractivity contribution in [1.82, 2.24) is 5.32 Å². The first kappa shape index (κ1) is 13.1. The lowest BCUT2D eigenvalue weighted by molar-refractivity contribution is -0.125. The van der Waals surface area contributed by atoms with Gasteiger partial charge in [-0.25, -0.2) is 4.39 Å². The number of carbonyl (C=O) groups is 1. The number of carbonyl (C=O) groups excluding carboxylic acids is 1. The van der Waals surface area contributed by atoms with Crippen LogP contribution < -0.4 is 5.32 Å². The van der Waals surface area contributed by atoms with Gasteiger partial charge >= 0.3 is 0 Å². The van der Waals surface area contributed by atoms with E-state index in [9.17, 15) is 9.18 Å². The Morgan fingerprint density at radius 2 is 2.35 bits per heavy atom. The average molecular weight is 236 g/mol. The van der Waals surface area contributed by atoms with Crippen LogP contribution >= 0.6 is 0 Å². The Morgan fingerprint density at radius 1 is 1.59 bits per heavy atom. The summed E-state index contributed by atoms with van der Waals surface area (Å²) in [6.45, 7) is 2.30. The first-order valence-corrected chi connectivity index (χ1v) is 5.20. The van der Waals surface area contributed by atoms with Gasteiger partial charge in [0.1, 0.15) is 12.4 Å². The Labute approximate surface area is 99.0 Å². The van der Waals surface area contributed by atoms with Crippen molar-refractivity contribution in [3.8, 4) is 6.07 Å². The van der Waals surface area contributed by atoms with Gasteiger partial charge in [0.05, 0.1) is 11.6 Å². The van der Waals surface area contributed by atoms with Crippen LogP contribution in [0, 0.1) is 17.1 Å². The van der Waals surface area contributed by atoms with E-state index in [2.05, 4.69) is 5.32 Å². The van der Waals surface area contributed by atoms with E-state index in [-0.39, 0.29) is 24.6 Å². The fourth-order valence-electron chi connectivity index (χ4n) is 1.20. The summed E-state index contributed by atoms with van der Waals surface area (Å²) in [5.41, 5.74) is 0.598. The lowest BCUT2D eigenvalue weighted by Crippen LogP contribution is -2.27. The van der Waals surface area contributed by atoms with Gasteiger partial charge in [0.25, 0.3) is 0 Å². The van der Waals surface area contributed by atoms with E-state index < -0.39 is 5.82 Å². The Kier molecular flexibility index (Phi) is 5.11. The number of halogens is 1. The number of hydrogen-bond acceptors (Lipinski definition) is 3. The molecule has 0 spiro atoms. The molecule has 0 fully saturated rings. The Balaban J connectivity index is 2.52. The van der Waals surface area contributed by atoms with E-state index in [1.807, 2.05) is 6.07 Å². The SMILES string of the molecule is CCOCC(=O)NCc1ccc(C#N)cc1F. The zero-order chi connectivity index (χ0) is 12.7. The molecule has 4 nitrogen and oxygen atoms in total. The molecule has 0 unspecified atom stereocenters. The summed E-state index contributed by atoms with van der Waals surface area (Å²) in [7, 11) is 0. The maximum Gasteiger partial charge on any atom is 0.246 e. The molecule has 17 heavy (non-hydrogen) atoms. The van der Waals surface area contributed by atoms with Crippen molar-refractivity contribution in [1.29, 1.82) is 5.26 Å². The summed E-state index contributed by atoms with van der Waals surface area (Å²) >= 11 is 0. The number of benzene rings is 1. The molecule has 0 bridgehead atoms. The van der Waals surface area contributed by atoms with E-state index in [4.69, 9.17) is 10.00 Å². The molecule has 90 valence electrons. The molecule has 5 heteroatoms. The van der Waals surface area contributed by atoms with Crippen molar-refractivity contribution in [3.63, 3.8) is 0 Å². The highest BCUT2D eigenvalue weighted by molar-refractivity contribution is 5.77. The molecule has 1 amide bonds. The van der Waals surface area contributed by atoms with Crippen LogP contribution in [-0.2, 0) is 16.1 Å². The molecule has 0 heterocycles. The van der Waals surface area contributed by atoms with Gasteiger partial charge in [-0.3, -0.25) is 4.79 Å². The zero-order valence-corrected chi connectivity index (χ0v) is 9.50. The summed E-state index contributed by atoms with van der Waals surface area (Å²) in [5.74, 6) is -0.795. The third kappa shape index (κ3) is 4.21. The van der Waals surface area contributed by atoms with Crippen LogP contribution in [0.15, 0.2) is 18.2 Å². The van der Waals surface area contributed by atoms with Crippen molar-refractivity contribution in [2.24, 2.45) is 0 Å². The van der Waals surface area contributed by atoms with E-state index in [0.717, 1.165) is 6.07 Å². The fraction of sp³-hybridized carbons (Fsp3) is 0.333. The number of rotatable bonds is 5. The largest absolute Gasteiger partial charge is 0.372 e. The molecule has 0 aromatic heterocycles. The molecular weight excluding hydrogens is 223 g/mol. The molecular formula is C12H13FN2O2. The molecule has 0 radical (unpaired) electrons. The first-order chi connectivity index (χ1) is 8.17. The molecule has 1 aromatic carbocycles. The minimum absolute atomic E-state index is 0.0333. The van der Waals surface area contributed by atoms with Crippen LogP contribution in [0.1, 0.15) is 18.1 Å². The highest BCUT2D eigenvalue weighted by Crippen LogP contribution is 2.09. The van der Waals surface area contributed by atoms with Gasteiger partial charge in [-0.15, -0.1) is 0 Å². The molecule has 0 saturated carbocycles. The number of amides is 1. The van der Waals surface area contributed by atoms with Crippen LogP contribution in [0.2, 0.25) is 0 Å². The second-order valence-corrected chi connectivity index (χ2v) is 3.33. The minimum Gasteiger partial charge on any atom is -0.372 e. The first-order valence-electron chi connectivity index (χ1n) is 5.20. The highest BCUT2D eigenvalue weighted by atomic mass is 19.1. The van der Waals surface area contributed by atoms with Crippen molar-refractivity contribution in [2.45, 2.75) is 13.5 Å². The number of nitrogens with one attached hydrogen (secondary N) is 1. The predicted octanol–water partition coefficient (Wildman–Crippen LogP) is 1.35. The lowest BCUT2D eigenvalue weighted by Gasteiger charge is -2.06. The van der Waals surface area contributed by atoms with Gasteiger partial charge in [0.2, 0.25) is 5.91 Å². The Hall–Kier alpha value is -1.93. The Morgan fingerprint density at radius 3 is 2.94 bits per heavy atom. The monoisotopic (exact) mass is 236 g/mol. The van der Waals surface area contributed by atoms with Gasteiger partial charge in [-0.05, 0) is 19.1 Å². The van der Waals surface area contributed by atoms with Gasteiger partial charge in [0.15, 0.2) is 0 Å². The molecule has 1 rings (SSSR count). The zero-order valence-electron chi connectivity index (χ0n) is 9.50. The summed E-state index contributed by atoms with van der Waals surface area (Å²) in [4.78, 5) is 11.2. The standard InChI is InChI=1S/C12H13FN2O2/c1-2-17-8-12(16)15-7-10-4-3-9(6-14)5-11(10)13/h3-5H,2,7-8H2,1H3,(H,15,16). The van der Waals surface area contributed by atoms with Crippen LogP contribution in [0.4, 0.5) is 4.39 Å². The van der Waals surface area contributed by atoms with Gasteiger partial charge < -0.3 is 10.1 Å². The third-order valence-corrected chi connectivity index (χ3v) is 2.10. The van der Waals surface area contributed by atoms with Crippen LogP contribution in [0.25, 0.3) is 0 Å². The second kappa shape index (κ2) is 6.61. The lowest BCUT2D eigenvalue weighted by atomic mass is 10.1. The van der Waals surface area contributed by atoms with Crippen molar-refractivity contribution < 1.29 is 13.9 Å². The van der Waals surface area contributed by atoms with Gasteiger partial charge in [-0.2, -0.15) is 5.26 Å². The molecule has 0 aliphatic carbocycles. The van der Waals surface area contributed by atoms with Crippen molar-refractivity contribution in [2.75, 3.05) is 13.2 Å². The maximum atomic E-state index is 13.4. The number of nitrogens with zero attached hydrogens (tertiary/aromatic N) is 1. The third-order valence-electron chi connectivity index (χ3n) is 2.10. The van der Waals surface area contributed by atoms with Crippen molar-refractivity contribution >= 4 is 5.91 Å². The Bertz CT molecular complexity index is 441. The predicted molar refractivity (Wildman–Crippen MR) is 59.5 cm³/mol. The summed E-state index contributed by atoms with van der Waals surface area (Å²) in [6, 6.07) is 5.97. The maximum absolute atomic E-state index is 13.4. The van der Waals surface area contributed by atoms with Gasteiger partial charge in [-0.1, -0.05) is 6.07 Å². The summed E-state index contributed by atoms with van der Waals surface area (Å²) in [6.07, 6.45) is 0. The fourth-order valence-corrected chi connectivity index (χ4v) is 1.20. The number of hydrogen-bond donors (Lipinski definition) is 1. The molecule has 0 saturated heterocycles. The van der Waals surface area contributed by atoms with E-state index in [1.54, 1.807) is 6.92 Å². The smallest absolute Gasteiger partial charge is 0.246 e. The van der Waals surface area contributed by atoms with Gasteiger partial charge in [0, 0.05) is 18.7 Å². The number of nitriles is 1.